The highest BCUT2D eigenvalue weighted by atomic mass is 35.5. The van der Waals surface area contributed by atoms with E-state index in [1.807, 2.05) is 18.5 Å². The summed E-state index contributed by atoms with van der Waals surface area (Å²) in [6.07, 6.45) is 7.56. The Balaban J connectivity index is 1.39. The summed E-state index contributed by atoms with van der Waals surface area (Å²) in [5, 5.41) is 5.90. The standard InChI is InChI=1S/C26H25ClN8O2/c1-3-23(36)33-11-17(9-18(33)12-37-2)35-26-24(25(28)29-13-30-26)20(32-35)7-4-15-8-21-22(10-19(15)27)34(14-31-21)16-5-6-16/h3,8,10,13-14,16-18H,1,5-6,9,11-12H2,2H3,(H2,28,29,30)/t17-,18+/m0/s1. The van der Waals surface area contributed by atoms with Gasteiger partial charge < -0.3 is 19.9 Å². The van der Waals surface area contributed by atoms with E-state index in [-0.39, 0.29) is 23.8 Å². The monoisotopic (exact) mass is 516 g/mol. The number of nitrogen functional groups attached to an aromatic ring is 1. The Morgan fingerprint density at radius 1 is 1.27 bits per heavy atom. The molecule has 0 radical (unpaired) electrons. The molecular weight excluding hydrogens is 492 g/mol. The van der Waals surface area contributed by atoms with E-state index in [9.17, 15) is 4.79 Å². The maximum absolute atomic E-state index is 12.5. The zero-order chi connectivity index (χ0) is 25.7. The van der Waals surface area contributed by atoms with Crippen molar-refractivity contribution in [3.8, 4) is 11.8 Å². The van der Waals surface area contributed by atoms with Gasteiger partial charge in [-0.05, 0) is 43.4 Å². The van der Waals surface area contributed by atoms with Crippen LogP contribution in [0.3, 0.4) is 0 Å². The molecule has 1 saturated heterocycles. The zero-order valence-electron chi connectivity index (χ0n) is 20.3. The van der Waals surface area contributed by atoms with Crippen LogP contribution in [0, 0.1) is 11.8 Å². The first-order valence-corrected chi connectivity index (χ1v) is 12.4. The van der Waals surface area contributed by atoms with Gasteiger partial charge in [0.15, 0.2) is 5.65 Å². The molecule has 0 bridgehead atoms. The number of rotatable bonds is 5. The number of fused-ring (bicyclic) bond motifs is 2. The molecule has 0 spiro atoms. The van der Waals surface area contributed by atoms with E-state index >= 15 is 0 Å². The third-order valence-corrected chi connectivity index (χ3v) is 7.31. The number of ether oxygens (including phenoxy) is 1. The Morgan fingerprint density at radius 2 is 2.11 bits per heavy atom. The van der Waals surface area contributed by atoms with Crippen molar-refractivity contribution in [2.75, 3.05) is 26.0 Å². The molecule has 0 unspecified atom stereocenters. The minimum absolute atomic E-state index is 0.102. The number of hydrogen-bond donors (Lipinski definition) is 1. The maximum Gasteiger partial charge on any atom is 0.246 e. The van der Waals surface area contributed by atoms with Crippen molar-refractivity contribution < 1.29 is 9.53 Å². The van der Waals surface area contributed by atoms with Gasteiger partial charge in [0.05, 0.1) is 46.5 Å². The number of halogens is 1. The van der Waals surface area contributed by atoms with Gasteiger partial charge in [-0.1, -0.05) is 24.1 Å². The van der Waals surface area contributed by atoms with Crippen molar-refractivity contribution in [3.63, 3.8) is 0 Å². The molecule has 1 aromatic carbocycles. The van der Waals surface area contributed by atoms with Crippen LogP contribution in [0.1, 0.15) is 42.6 Å². The molecule has 6 rings (SSSR count). The molecule has 188 valence electrons. The number of hydrogen-bond acceptors (Lipinski definition) is 7. The largest absolute Gasteiger partial charge is 0.383 e. The highest BCUT2D eigenvalue weighted by Gasteiger charge is 2.37. The van der Waals surface area contributed by atoms with E-state index in [4.69, 9.17) is 27.2 Å². The predicted molar refractivity (Wildman–Crippen MR) is 140 cm³/mol. The lowest BCUT2D eigenvalue weighted by atomic mass is 10.1. The number of carbonyl (C=O) groups is 1. The molecule has 1 aliphatic heterocycles. The van der Waals surface area contributed by atoms with Crippen LogP contribution >= 0.6 is 11.6 Å². The number of nitrogens with zero attached hydrogens (tertiary/aromatic N) is 7. The fourth-order valence-corrected chi connectivity index (χ4v) is 5.26. The number of amides is 1. The van der Waals surface area contributed by atoms with Gasteiger partial charge in [-0.15, -0.1) is 0 Å². The fraction of sp³-hybridized carbons (Fsp3) is 0.346. The van der Waals surface area contributed by atoms with Crippen molar-refractivity contribution in [2.45, 2.75) is 37.4 Å². The summed E-state index contributed by atoms with van der Waals surface area (Å²) in [6.45, 7) is 4.49. The quantitative estimate of drug-likeness (QED) is 0.320. The van der Waals surface area contributed by atoms with Crippen LogP contribution in [-0.2, 0) is 9.53 Å². The number of nitrogens with two attached hydrogens (primary N) is 1. The summed E-state index contributed by atoms with van der Waals surface area (Å²) in [6, 6.07) is 4.08. The second kappa shape index (κ2) is 9.18. The van der Waals surface area contributed by atoms with E-state index in [2.05, 4.69) is 37.9 Å². The molecule has 10 nitrogen and oxygen atoms in total. The van der Waals surface area contributed by atoms with Crippen molar-refractivity contribution in [3.05, 3.63) is 53.7 Å². The average Bonchev–Trinajstić information content (AvgIpc) is 3.35. The van der Waals surface area contributed by atoms with Crippen LogP contribution in [0.2, 0.25) is 5.02 Å². The molecule has 2 atom stereocenters. The van der Waals surface area contributed by atoms with Crippen LogP contribution in [0.15, 0.2) is 37.4 Å². The molecule has 3 aromatic heterocycles. The lowest BCUT2D eigenvalue weighted by Crippen LogP contribution is -2.37. The summed E-state index contributed by atoms with van der Waals surface area (Å²) in [4.78, 5) is 27.4. The fourth-order valence-electron chi connectivity index (χ4n) is 5.06. The smallest absolute Gasteiger partial charge is 0.246 e. The summed E-state index contributed by atoms with van der Waals surface area (Å²) in [5.74, 6) is 6.42. The summed E-state index contributed by atoms with van der Waals surface area (Å²) in [5.41, 5.74) is 9.76. The van der Waals surface area contributed by atoms with Gasteiger partial charge in [0.2, 0.25) is 5.91 Å². The molecule has 2 fully saturated rings. The van der Waals surface area contributed by atoms with Crippen molar-refractivity contribution in [2.24, 2.45) is 0 Å². The van der Waals surface area contributed by atoms with Gasteiger partial charge in [-0.3, -0.25) is 4.79 Å². The number of carbonyl (C=O) groups excluding carboxylic acids is 1. The first-order valence-electron chi connectivity index (χ1n) is 12.1. The molecule has 2 aliphatic rings. The number of likely N-dealkylation sites (tertiary alicyclic amines) is 1. The molecule has 37 heavy (non-hydrogen) atoms. The molecule has 4 aromatic rings. The Hall–Kier alpha value is -3.94. The van der Waals surface area contributed by atoms with E-state index in [1.54, 1.807) is 16.7 Å². The lowest BCUT2D eigenvalue weighted by Gasteiger charge is -2.22. The van der Waals surface area contributed by atoms with Crippen LogP contribution in [0.25, 0.3) is 22.1 Å². The third kappa shape index (κ3) is 4.10. The van der Waals surface area contributed by atoms with E-state index in [0.717, 1.165) is 23.9 Å². The van der Waals surface area contributed by atoms with Crippen LogP contribution in [0.5, 0.6) is 0 Å². The van der Waals surface area contributed by atoms with Gasteiger partial charge in [-0.2, -0.15) is 5.10 Å². The lowest BCUT2D eigenvalue weighted by molar-refractivity contribution is -0.127. The first kappa shape index (κ1) is 23.5. The summed E-state index contributed by atoms with van der Waals surface area (Å²) < 4.78 is 9.31. The van der Waals surface area contributed by atoms with Gasteiger partial charge in [0.25, 0.3) is 0 Å². The normalized spacial score (nSPS) is 19.4. The Labute approximate surface area is 218 Å². The average molecular weight is 517 g/mol. The second-order valence-corrected chi connectivity index (χ2v) is 9.81. The zero-order valence-corrected chi connectivity index (χ0v) is 21.0. The first-order chi connectivity index (χ1) is 18.0. The third-order valence-electron chi connectivity index (χ3n) is 6.99. The second-order valence-electron chi connectivity index (χ2n) is 9.40. The Morgan fingerprint density at radius 3 is 2.86 bits per heavy atom. The minimum atomic E-state index is -0.149. The molecule has 1 amide bonds. The van der Waals surface area contributed by atoms with E-state index in [1.165, 1.54) is 12.4 Å². The van der Waals surface area contributed by atoms with Crippen molar-refractivity contribution in [1.82, 2.24) is 34.2 Å². The van der Waals surface area contributed by atoms with E-state index < -0.39 is 0 Å². The van der Waals surface area contributed by atoms with Crippen LogP contribution < -0.4 is 5.73 Å². The van der Waals surface area contributed by atoms with Crippen molar-refractivity contribution >= 4 is 45.4 Å². The SMILES string of the molecule is C=CC(=O)N1C[C@@H](n2nc(C#Cc3cc4ncn(C5CC5)c4cc3Cl)c3c(N)ncnc32)C[C@@H]1COC. The molecule has 1 aliphatic carbocycles. The Bertz CT molecular complexity index is 1610. The topological polar surface area (TPSA) is 117 Å². The highest BCUT2D eigenvalue weighted by molar-refractivity contribution is 6.32. The number of methoxy groups -OCH3 is 1. The Kier molecular flexibility index (Phi) is 5.82. The number of aromatic nitrogens is 6. The van der Waals surface area contributed by atoms with Gasteiger partial charge in [0, 0.05) is 25.3 Å². The van der Waals surface area contributed by atoms with Gasteiger partial charge in [0.1, 0.15) is 17.8 Å². The van der Waals surface area contributed by atoms with Crippen LogP contribution in [-0.4, -0.2) is 66.4 Å². The maximum atomic E-state index is 12.5. The number of benzene rings is 1. The van der Waals surface area contributed by atoms with Crippen molar-refractivity contribution in [1.29, 1.82) is 0 Å². The number of imidazole rings is 1. The molecule has 2 N–H and O–H groups in total. The highest BCUT2D eigenvalue weighted by Crippen LogP contribution is 2.38. The molecule has 1 saturated carbocycles. The molecule has 4 heterocycles. The predicted octanol–water partition coefficient (Wildman–Crippen LogP) is 3.12. The van der Waals surface area contributed by atoms with Gasteiger partial charge >= 0.3 is 0 Å². The number of anilines is 1. The minimum Gasteiger partial charge on any atom is -0.383 e. The molecule has 11 heteroatoms. The summed E-state index contributed by atoms with van der Waals surface area (Å²) in [7, 11) is 1.62. The molecular formula is C26H25ClN8O2. The summed E-state index contributed by atoms with van der Waals surface area (Å²) >= 11 is 6.61. The van der Waals surface area contributed by atoms with E-state index in [0.29, 0.717) is 52.9 Å². The van der Waals surface area contributed by atoms with Crippen LogP contribution in [0.4, 0.5) is 5.82 Å². The van der Waals surface area contributed by atoms with Gasteiger partial charge in [-0.25, -0.2) is 19.6 Å².